The highest BCUT2D eigenvalue weighted by Gasteiger charge is 2.45. The Morgan fingerprint density at radius 2 is 2.12 bits per heavy atom. The maximum absolute atomic E-state index is 12.3. The Labute approximate surface area is 92.8 Å². The first-order valence-corrected chi connectivity index (χ1v) is 5.48. The molecule has 0 aliphatic carbocycles. The first-order chi connectivity index (χ1) is 7.40. The second-order valence-corrected chi connectivity index (χ2v) is 4.18. The number of hydrogen-bond donors (Lipinski definition) is 1. The van der Waals surface area contributed by atoms with E-state index in [0.717, 1.165) is 11.3 Å². The normalized spacial score (nSPS) is 26.9. The zero-order valence-electron chi connectivity index (χ0n) is 9.26. The lowest BCUT2D eigenvalue weighted by Gasteiger charge is -2.39. The molecule has 94 valence electrons. The summed E-state index contributed by atoms with van der Waals surface area (Å²) in [6, 6.07) is -0.465. The Morgan fingerprint density at radius 1 is 1.50 bits per heavy atom. The molecule has 3 nitrogen and oxygen atoms in total. The van der Waals surface area contributed by atoms with Crippen molar-refractivity contribution in [2.24, 2.45) is 11.7 Å². The molecular formula is C10H17F3N2O. The van der Waals surface area contributed by atoms with Crippen LogP contribution in [0.2, 0.25) is 0 Å². The minimum atomic E-state index is -4.79. The highest BCUT2D eigenvalue weighted by Crippen LogP contribution is 2.28. The number of alkyl halides is 3. The van der Waals surface area contributed by atoms with Crippen molar-refractivity contribution >= 4 is 5.91 Å². The third-order valence-corrected chi connectivity index (χ3v) is 3.18. The topological polar surface area (TPSA) is 46.3 Å². The van der Waals surface area contributed by atoms with Gasteiger partial charge in [-0.2, -0.15) is 13.2 Å². The molecule has 1 heterocycles. The van der Waals surface area contributed by atoms with Gasteiger partial charge >= 0.3 is 12.1 Å². The summed E-state index contributed by atoms with van der Waals surface area (Å²) >= 11 is 0. The summed E-state index contributed by atoms with van der Waals surface area (Å²) in [4.78, 5) is 12.0. The van der Waals surface area contributed by atoms with Crippen molar-refractivity contribution in [3.8, 4) is 0 Å². The van der Waals surface area contributed by atoms with Crippen molar-refractivity contribution in [1.82, 2.24) is 4.90 Å². The van der Waals surface area contributed by atoms with Gasteiger partial charge in [-0.15, -0.1) is 0 Å². The second-order valence-electron chi connectivity index (χ2n) is 4.18. The van der Waals surface area contributed by atoms with Crippen LogP contribution in [0.3, 0.4) is 0 Å². The van der Waals surface area contributed by atoms with E-state index in [9.17, 15) is 18.0 Å². The lowest BCUT2D eigenvalue weighted by atomic mass is 9.89. The fourth-order valence-corrected chi connectivity index (χ4v) is 2.16. The van der Waals surface area contributed by atoms with Gasteiger partial charge in [0.1, 0.15) is 0 Å². The SMILES string of the molecule is CCC1CCN(C(=O)C(F)(F)F)C(CN)C1. The summed E-state index contributed by atoms with van der Waals surface area (Å²) in [5, 5.41) is 0. The molecule has 1 rings (SSSR count). The largest absolute Gasteiger partial charge is 0.471 e. The van der Waals surface area contributed by atoms with E-state index in [0.29, 0.717) is 18.8 Å². The van der Waals surface area contributed by atoms with Gasteiger partial charge < -0.3 is 10.6 Å². The van der Waals surface area contributed by atoms with Gasteiger partial charge in [-0.25, -0.2) is 0 Å². The van der Waals surface area contributed by atoms with E-state index in [1.54, 1.807) is 0 Å². The van der Waals surface area contributed by atoms with Crippen molar-refractivity contribution in [1.29, 1.82) is 0 Å². The van der Waals surface area contributed by atoms with E-state index in [1.807, 2.05) is 6.92 Å². The number of amides is 1. The van der Waals surface area contributed by atoms with E-state index in [1.165, 1.54) is 0 Å². The molecule has 0 aromatic rings. The number of nitrogens with two attached hydrogens (primary N) is 1. The van der Waals surface area contributed by atoms with Crippen LogP contribution in [0.5, 0.6) is 0 Å². The minimum absolute atomic E-state index is 0.0956. The van der Waals surface area contributed by atoms with Gasteiger partial charge in [0, 0.05) is 19.1 Å². The zero-order chi connectivity index (χ0) is 12.3. The smallest absolute Gasteiger partial charge is 0.331 e. The molecule has 2 unspecified atom stereocenters. The summed E-state index contributed by atoms with van der Waals surface area (Å²) in [7, 11) is 0. The molecule has 0 radical (unpaired) electrons. The fourth-order valence-electron chi connectivity index (χ4n) is 2.16. The van der Waals surface area contributed by atoms with Crippen molar-refractivity contribution in [3.05, 3.63) is 0 Å². The van der Waals surface area contributed by atoms with Gasteiger partial charge in [-0.05, 0) is 18.8 Å². The van der Waals surface area contributed by atoms with Gasteiger partial charge in [-0.1, -0.05) is 13.3 Å². The molecule has 1 amide bonds. The Hall–Kier alpha value is -0.780. The van der Waals surface area contributed by atoms with Crippen molar-refractivity contribution < 1.29 is 18.0 Å². The molecule has 2 N–H and O–H groups in total. The van der Waals surface area contributed by atoms with Crippen molar-refractivity contribution in [3.63, 3.8) is 0 Å². The van der Waals surface area contributed by atoms with Crippen LogP contribution in [0.25, 0.3) is 0 Å². The van der Waals surface area contributed by atoms with Gasteiger partial charge in [0.05, 0.1) is 0 Å². The number of nitrogens with zero attached hydrogens (tertiary/aromatic N) is 1. The van der Waals surface area contributed by atoms with E-state index in [2.05, 4.69) is 0 Å². The van der Waals surface area contributed by atoms with Crippen molar-refractivity contribution in [2.45, 2.75) is 38.4 Å². The summed E-state index contributed by atoms with van der Waals surface area (Å²) in [6.07, 6.45) is -2.65. The molecule has 16 heavy (non-hydrogen) atoms. The molecule has 0 spiro atoms. The van der Waals surface area contributed by atoms with E-state index < -0.39 is 18.1 Å². The van der Waals surface area contributed by atoms with Crippen LogP contribution < -0.4 is 5.73 Å². The molecule has 1 saturated heterocycles. The van der Waals surface area contributed by atoms with Crippen LogP contribution in [-0.4, -0.2) is 36.1 Å². The molecule has 0 aromatic carbocycles. The maximum atomic E-state index is 12.3. The van der Waals surface area contributed by atoms with Gasteiger partial charge in [0.25, 0.3) is 0 Å². The summed E-state index contributed by atoms with van der Waals surface area (Å²) < 4.78 is 36.9. The number of hydrogen-bond acceptors (Lipinski definition) is 2. The third-order valence-electron chi connectivity index (χ3n) is 3.18. The maximum Gasteiger partial charge on any atom is 0.471 e. The number of rotatable bonds is 2. The van der Waals surface area contributed by atoms with E-state index >= 15 is 0 Å². The number of halogens is 3. The predicted octanol–water partition coefficient (Wildman–Crippen LogP) is 1.52. The van der Waals surface area contributed by atoms with Crippen LogP contribution in [0.1, 0.15) is 26.2 Å². The van der Waals surface area contributed by atoms with Crippen LogP contribution in [0.4, 0.5) is 13.2 Å². The molecule has 0 saturated carbocycles. The van der Waals surface area contributed by atoms with Crippen LogP contribution in [0.15, 0.2) is 0 Å². The average molecular weight is 238 g/mol. The number of carbonyl (C=O) groups excluding carboxylic acids is 1. The van der Waals surface area contributed by atoms with E-state index in [4.69, 9.17) is 5.73 Å². The lowest BCUT2D eigenvalue weighted by molar-refractivity contribution is -0.189. The zero-order valence-corrected chi connectivity index (χ0v) is 9.26. The summed E-state index contributed by atoms with van der Waals surface area (Å²) in [5.41, 5.74) is 5.43. The van der Waals surface area contributed by atoms with E-state index in [-0.39, 0.29) is 13.1 Å². The van der Waals surface area contributed by atoms with Crippen molar-refractivity contribution in [2.75, 3.05) is 13.1 Å². The van der Waals surface area contributed by atoms with Crippen LogP contribution in [0, 0.1) is 5.92 Å². The Morgan fingerprint density at radius 3 is 2.56 bits per heavy atom. The van der Waals surface area contributed by atoms with Gasteiger partial charge in [0.2, 0.25) is 0 Å². The van der Waals surface area contributed by atoms with Gasteiger partial charge in [-0.3, -0.25) is 4.79 Å². The molecular weight excluding hydrogens is 221 g/mol. The molecule has 6 heteroatoms. The monoisotopic (exact) mass is 238 g/mol. The Bertz CT molecular complexity index is 255. The highest BCUT2D eigenvalue weighted by molar-refractivity contribution is 5.82. The standard InChI is InChI=1S/C10H17F3N2O/c1-2-7-3-4-15(8(5-7)6-14)9(16)10(11,12)13/h7-8H,2-6,14H2,1H3. The molecule has 1 aliphatic rings. The Balaban J connectivity index is 2.70. The predicted molar refractivity (Wildman–Crippen MR) is 53.6 cm³/mol. The molecule has 0 bridgehead atoms. The molecule has 0 aromatic heterocycles. The highest BCUT2D eigenvalue weighted by atomic mass is 19.4. The second kappa shape index (κ2) is 5.03. The lowest BCUT2D eigenvalue weighted by Crippen LogP contribution is -2.53. The average Bonchev–Trinajstić information content (AvgIpc) is 2.26. The van der Waals surface area contributed by atoms with Gasteiger partial charge in [0.15, 0.2) is 0 Å². The number of likely N-dealkylation sites (tertiary alicyclic amines) is 1. The molecule has 1 fully saturated rings. The minimum Gasteiger partial charge on any atom is -0.331 e. The Kier molecular flexibility index (Phi) is 4.18. The first-order valence-electron chi connectivity index (χ1n) is 5.48. The number of piperidine rings is 1. The summed E-state index contributed by atoms with van der Waals surface area (Å²) in [6.45, 7) is 2.26. The summed E-state index contributed by atoms with van der Waals surface area (Å²) in [5.74, 6) is -1.37. The molecule has 2 atom stereocenters. The fraction of sp³-hybridized carbons (Fsp3) is 0.900. The first kappa shape index (κ1) is 13.3. The third kappa shape index (κ3) is 2.87. The molecule has 1 aliphatic heterocycles. The quantitative estimate of drug-likeness (QED) is 0.793. The number of carbonyl (C=O) groups is 1. The van der Waals surface area contributed by atoms with Crippen LogP contribution >= 0.6 is 0 Å². The van der Waals surface area contributed by atoms with Crippen LogP contribution in [-0.2, 0) is 4.79 Å².